The highest BCUT2D eigenvalue weighted by Crippen LogP contribution is 2.21. The van der Waals surface area contributed by atoms with E-state index < -0.39 is 23.3 Å². The minimum Gasteiger partial charge on any atom is -0.394 e. The van der Waals surface area contributed by atoms with Gasteiger partial charge in [0.05, 0.1) is 18.0 Å². The predicted molar refractivity (Wildman–Crippen MR) is 109 cm³/mol. The number of nitrogens with one attached hydrogen (secondary N) is 1. The summed E-state index contributed by atoms with van der Waals surface area (Å²) < 4.78 is 14.8. The Kier molecular flexibility index (Phi) is 5.89. The lowest BCUT2D eigenvalue weighted by Crippen LogP contribution is -2.39. The number of halogens is 1. The monoisotopic (exact) mass is 395 g/mol. The summed E-state index contributed by atoms with van der Waals surface area (Å²) in [7, 11) is 0. The number of amides is 1. The van der Waals surface area contributed by atoms with Crippen molar-refractivity contribution in [3.05, 3.63) is 81.4 Å². The van der Waals surface area contributed by atoms with Gasteiger partial charge in [-0.25, -0.2) is 4.39 Å². The Labute approximate surface area is 167 Å². The van der Waals surface area contributed by atoms with Gasteiger partial charge < -0.3 is 10.4 Å². The molecule has 0 aliphatic heterocycles. The molecule has 2 aromatic carbocycles. The number of rotatable bonds is 5. The van der Waals surface area contributed by atoms with Gasteiger partial charge in [-0.3, -0.25) is 9.59 Å². The molecule has 7 heteroatoms. The maximum absolute atomic E-state index is 13.7. The molecule has 0 spiro atoms. The Hall–Kier alpha value is -3.32. The zero-order chi connectivity index (χ0) is 21.1. The number of carbonyl (C=O) groups is 1. The van der Waals surface area contributed by atoms with E-state index in [2.05, 4.69) is 10.4 Å². The average Bonchev–Trinajstić information content (AvgIpc) is 2.70. The summed E-state index contributed by atoms with van der Waals surface area (Å²) in [5, 5.41) is 16.1. The highest BCUT2D eigenvalue weighted by molar-refractivity contribution is 5.95. The molecule has 6 nitrogen and oxygen atoms in total. The van der Waals surface area contributed by atoms with E-state index in [0.717, 1.165) is 21.4 Å². The summed E-state index contributed by atoms with van der Waals surface area (Å²) in [5.74, 6) is -1.15. The third kappa shape index (κ3) is 4.41. The van der Waals surface area contributed by atoms with Crippen molar-refractivity contribution in [3.8, 4) is 16.9 Å². The number of hydrogen-bond donors (Lipinski definition) is 2. The Morgan fingerprint density at radius 3 is 2.59 bits per heavy atom. The van der Waals surface area contributed by atoms with Gasteiger partial charge in [0.2, 0.25) is 0 Å². The molecule has 0 radical (unpaired) electrons. The summed E-state index contributed by atoms with van der Waals surface area (Å²) >= 11 is 0. The number of benzene rings is 2. The molecule has 0 aliphatic rings. The molecule has 0 saturated heterocycles. The van der Waals surface area contributed by atoms with Crippen molar-refractivity contribution in [2.75, 3.05) is 6.61 Å². The number of nitrogens with zero attached hydrogens (tertiary/aromatic N) is 2. The minimum atomic E-state index is -0.675. The van der Waals surface area contributed by atoms with E-state index in [-0.39, 0.29) is 17.9 Å². The summed E-state index contributed by atoms with van der Waals surface area (Å²) in [6, 6.07) is 12.0. The van der Waals surface area contributed by atoms with E-state index >= 15 is 0 Å². The fourth-order valence-corrected chi connectivity index (χ4v) is 2.83. The van der Waals surface area contributed by atoms with Gasteiger partial charge >= 0.3 is 0 Å². The van der Waals surface area contributed by atoms with E-state index in [4.69, 9.17) is 0 Å². The summed E-state index contributed by atoms with van der Waals surface area (Å²) in [6.07, 6.45) is 0. The summed E-state index contributed by atoms with van der Waals surface area (Å²) in [4.78, 5) is 25.6. The van der Waals surface area contributed by atoms with Gasteiger partial charge in [-0.05, 0) is 62.2 Å². The molecule has 0 aliphatic carbocycles. The van der Waals surface area contributed by atoms with Gasteiger partial charge in [0, 0.05) is 11.6 Å². The first-order valence-electron chi connectivity index (χ1n) is 9.20. The Morgan fingerprint density at radius 1 is 1.17 bits per heavy atom. The number of carbonyl (C=O) groups excluding carboxylic acids is 1. The van der Waals surface area contributed by atoms with Gasteiger partial charge in [0.25, 0.3) is 11.5 Å². The molecular formula is C22H22FN3O3. The molecule has 1 amide bonds. The van der Waals surface area contributed by atoms with Gasteiger partial charge in [-0.2, -0.15) is 9.78 Å². The van der Waals surface area contributed by atoms with Gasteiger partial charge in [-0.15, -0.1) is 0 Å². The van der Waals surface area contributed by atoms with Gasteiger partial charge in [0.15, 0.2) is 0 Å². The van der Waals surface area contributed by atoms with Crippen molar-refractivity contribution in [3.63, 3.8) is 0 Å². The second kappa shape index (κ2) is 8.36. The number of hydrogen-bond acceptors (Lipinski definition) is 4. The van der Waals surface area contributed by atoms with Crippen molar-refractivity contribution >= 4 is 5.91 Å². The second-order valence-electron chi connectivity index (χ2n) is 7.00. The molecule has 1 heterocycles. The van der Waals surface area contributed by atoms with Crippen LogP contribution in [-0.2, 0) is 0 Å². The lowest BCUT2D eigenvalue weighted by molar-refractivity contribution is 0.0920. The fraction of sp³-hybridized carbons (Fsp3) is 0.227. The summed E-state index contributed by atoms with van der Waals surface area (Å²) in [6.45, 7) is 5.29. The van der Waals surface area contributed by atoms with Crippen LogP contribution in [0.1, 0.15) is 28.4 Å². The SMILES string of the molecule is Cc1ccc(-c2cc(C(=O)NC(C)CO)c(=O)n(-c3cccc(F)c3)n2)cc1C. The molecule has 2 N–H and O–H groups in total. The average molecular weight is 395 g/mol. The Morgan fingerprint density at radius 2 is 1.93 bits per heavy atom. The zero-order valence-corrected chi connectivity index (χ0v) is 16.4. The van der Waals surface area contributed by atoms with Crippen LogP contribution in [0.3, 0.4) is 0 Å². The van der Waals surface area contributed by atoms with Crippen LogP contribution in [0.4, 0.5) is 4.39 Å². The lowest BCUT2D eigenvalue weighted by Gasteiger charge is -2.14. The molecule has 3 aromatic rings. The first-order chi connectivity index (χ1) is 13.8. The van der Waals surface area contributed by atoms with E-state index in [1.807, 2.05) is 32.0 Å². The molecule has 0 fully saturated rings. The number of aromatic nitrogens is 2. The van der Waals surface area contributed by atoms with E-state index in [0.29, 0.717) is 5.69 Å². The maximum atomic E-state index is 13.7. The number of aliphatic hydroxyl groups excluding tert-OH is 1. The van der Waals surface area contributed by atoms with Crippen LogP contribution in [0.15, 0.2) is 53.3 Å². The van der Waals surface area contributed by atoms with Crippen LogP contribution in [0.25, 0.3) is 16.9 Å². The van der Waals surface area contributed by atoms with E-state index in [9.17, 15) is 19.1 Å². The number of aryl methyl sites for hydroxylation is 2. The third-order valence-corrected chi connectivity index (χ3v) is 4.66. The smallest absolute Gasteiger partial charge is 0.284 e. The largest absolute Gasteiger partial charge is 0.394 e. The van der Waals surface area contributed by atoms with E-state index in [1.165, 1.54) is 24.3 Å². The third-order valence-electron chi connectivity index (χ3n) is 4.66. The fourth-order valence-electron chi connectivity index (χ4n) is 2.83. The quantitative estimate of drug-likeness (QED) is 0.696. The normalized spacial score (nSPS) is 11.9. The lowest BCUT2D eigenvalue weighted by atomic mass is 10.0. The molecule has 1 aromatic heterocycles. The van der Waals surface area contributed by atoms with Crippen LogP contribution in [0.2, 0.25) is 0 Å². The molecule has 150 valence electrons. The van der Waals surface area contributed by atoms with Crippen molar-refractivity contribution in [1.29, 1.82) is 0 Å². The Balaban J connectivity index is 2.22. The van der Waals surface area contributed by atoms with Gasteiger partial charge in [-0.1, -0.05) is 18.2 Å². The van der Waals surface area contributed by atoms with Crippen molar-refractivity contribution in [1.82, 2.24) is 15.1 Å². The van der Waals surface area contributed by atoms with E-state index in [1.54, 1.807) is 13.0 Å². The van der Waals surface area contributed by atoms with Crippen LogP contribution in [-0.4, -0.2) is 33.4 Å². The van der Waals surface area contributed by atoms with Crippen LogP contribution in [0, 0.1) is 19.7 Å². The standard InChI is InChI=1S/C22H22FN3O3/c1-13-7-8-16(9-14(13)2)20-11-19(21(28)24-15(3)12-27)22(29)26(25-20)18-6-4-5-17(23)10-18/h4-11,15,27H,12H2,1-3H3,(H,24,28). The predicted octanol–water partition coefficient (Wildman–Crippen LogP) is 2.77. The van der Waals surface area contributed by atoms with Crippen LogP contribution in [0.5, 0.6) is 0 Å². The first-order valence-corrected chi connectivity index (χ1v) is 9.20. The highest BCUT2D eigenvalue weighted by Gasteiger charge is 2.19. The summed E-state index contributed by atoms with van der Waals surface area (Å²) in [5.41, 5.74) is 2.66. The molecule has 29 heavy (non-hydrogen) atoms. The van der Waals surface area contributed by atoms with Crippen LogP contribution >= 0.6 is 0 Å². The molecule has 1 atom stereocenters. The van der Waals surface area contributed by atoms with Crippen molar-refractivity contribution in [2.45, 2.75) is 26.8 Å². The molecule has 1 unspecified atom stereocenters. The zero-order valence-electron chi connectivity index (χ0n) is 16.4. The maximum Gasteiger partial charge on any atom is 0.284 e. The van der Waals surface area contributed by atoms with Crippen LogP contribution < -0.4 is 10.9 Å². The number of aliphatic hydroxyl groups is 1. The van der Waals surface area contributed by atoms with Crippen molar-refractivity contribution < 1.29 is 14.3 Å². The second-order valence-corrected chi connectivity index (χ2v) is 7.00. The Bertz CT molecular complexity index is 1120. The minimum absolute atomic E-state index is 0.141. The topological polar surface area (TPSA) is 84.2 Å². The molecule has 0 bridgehead atoms. The van der Waals surface area contributed by atoms with Crippen molar-refractivity contribution in [2.24, 2.45) is 0 Å². The molecular weight excluding hydrogens is 373 g/mol. The molecule has 3 rings (SSSR count). The first kappa shape index (κ1) is 20.4. The van der Waals surface area contributed by atoms with Gasteiger partial charge in [0.1, 0.15) is 11.4 Å². The highest BCUT2D eigenvalue weighted by atomic mass is 19.1. The molecule has 0 saturated carbocycles.